The number of halogens is 1. The summed E-state index contributed by atoms with van der Waals surface area (Å²) in [7, 11) is 0. The van der Waals surface area contributed by atoms with Crippen molar-refractivity contribution in [1.82, 2.24) is 4.98 Å². The van der Waals surface area contributed by atoms with Gasteiger partial charge in [-0.3, -0.25) is 4.98 Å². The van der Waals surface area contributed by atoms with Crippen LogP contribution in [-0.2, 0) is 0 Å². The maximum Gasteiger partial charge on any atom is 0.167 e. The van der Waals surface area contributed by atoms with Crippen LogP contribution in [0.15, 0.2) is 23.5 Å². The third-order valence-corrected chi connectivity index (χ3v) is 1.01. The van der Waals surface area contributed by atoms with E-state index in [9.17, 15) is 4.39 Å². The normalized spacial score (nSPS) is 8.50. The minimum Gasteiger partial charge on any atom is -0.262 e. The minimum atomic E-state index is -0.486. The SMILES string of the molecule is Fc1cnccc1N=C=S. The maximum atomic E-state index is 12.5. The number of aliphatic imine (C=N–C) groups is 1. The van der Waals surface area contributed by atoms with E-state index in [4.69, 9.17) is 0 Å². The molecule has 0 aliphatic rings. The molecule has 0 aliphatic carbocycles. The third kappa shape index (κ3) is 1.43. The van der Waals surface area contributed by atoms with Crippen molar-refractivity contribution in [3.05, 3.63) is 24.3 Å². The Hall–Kier alpha value is -1.12. The zero-order chi connectivity index (χ0) is 7.40. The van der Waals surface area contributed by atoms with E-state index in [1.54, 1.807) is 0 Å². The van der Waals surface area contributed by atoms with Crippen LogP contribution in [0.1, 0.15) is 0 Å². The lowest BCUT2D eigenvalue weighted by Gasteiger charge is -1.89. The standard InChI is InChI=1S/C6H3FN2S/c7-5-3-8-2-1-6(5)9-4-10/h1-3H. The largest absolute Gasteiger partial charge is 0.262 e. The summed E-state index contributed by atoms with van der Waals surface area (Å²) >= 11 is 4.29. The Morgan fingerprint density at radius 3 is 3.10 bits per heavy atom. The highest BCUT2D eigenvalue weighted by molar-refractivity contribution is 7.78. The van der Waals surface area contributed by atoms with E-state index in [0.717, 1.165) is 6.20 Å². The molecule has 0 saturated heterocycles. The Balaban J connectivity index is 3.14. The Morgan fingerprint density at radius 1 is 1.70 bits per heavy atom. The number of hydrogen-bond acceptors (Lipinski definition) is 3. The van der Waals surface area contributed by atoms with Crippen LogP contribution in [0, 0.1) is 5.82 Å². The molecule has 0 spiro atoms. The Kier molecular flexibility index (Phi) is 2.20. The highest BCUT2D eigenvalue weighted by Gasteiger charge is 1.95. The first-order valence-corrected chi connectivity index (χ1v) is 2.93. The number of pyridine rings is 1. The zero-order valence-electron chi connectivity index (χ0n) is 4.91. The van der Waals surface area contributed by atoms with Crippen LogP contribution in [0.4, 0.5) is 10.1 Å². The number of hydrogen-bond donors (Lipinski definition) is 0. The first-order chi connectivity index (χ1) is 4.84. The van der Waals surface area contributed by atoms with Crippen LogP contribution < -0.4 is 0 Å². The van der Waals surface area contributed by atoms with E-state index in [0.29, 0.717) is 0 Å². The van der Waals surface area contributed by atoms with Crippen LogP contribution in [0.5, 0.6) is 0 Å². The van der Waals surface area contributed by atoms with Gasteiger partial charge in [-0.2, -0.15) is 4.99 Å². The molecule has 0 atom stereocenters. The van der Waals surface area contributed by atoms with Crippen molar-refractivity contribution in [2.45, 2.75) is 0 Å². The molecule has 4 heteroatoms. The van der Waals surface area contributed by atoms with Gasteiger partial charge in [0, 0.05) is 6.20 Å². The predicted octanol–water partition coefficient (Wildman–Crippen LogP) is 1.95. The van der Waals surface area contributed by atoms with E-state index in [2.05, 4.69) is 27.4 Å². The lowest BCUT2D eigenvalue weighted by molar-refractivity contribution is 0.624. The Labute approximate surface area is 62.4 Å². The summed E-state index contributed by atoms with van der Waals surface area (Å²) in [6.07, 6.45) is 2.51. The number of nitrogens with zero attached hydrogens (tertiary/aromatic N) is 2. The lowest BCUT2D eigenvalue weighted by Crippen LogP contribution is -1.75. The summed E-state index contributed by atoms with van der Waals surface area (Å²) in [6, 6.07) is 1.43. The summed E-state index contributed by atoms with van der Waals surface area (Å²) in [5.74, 6) is -0.486. The van der Waals surface area contributed by atoms with Gasteiger partial charge in [0.1, 0.15) is 5.69 Å². The third-order valence-electron chi connectivity index (χ3n) is 0.917. The molecule has 0 bridgehead atoms. The molecule has 2 nitrogen and oxygen atoms in total. The molecule has 0 saturated carbocycles. The van der Waals surface area contributed by atoms with Crippen LogP contribution >= 0.6 is 12.2 Å². The monoisotopic (exact) mass is 154 g/mol. The van der Waals surface area contributed by atoms with E-state index < -0.39 is 5.82 Å². The molecular weight excluding hydrogens is 151 g/mol. The molecule has 50 valence electrons. The van der Waals surface area contributed by atoms with Crippen molar-refractivity contribution in [2.75, 3.05) is 0 Å². The zero-order valence-corrected chi connectivity index (χ0v) is 5.73. The van der Waals surface area contributed by atoms with Gasteiger partial charge in [-0.05, 0) is 18.3 Å². The van der Waals surface area contributed by atoms with Gasteiger partial charge < -0.3 is 0 Å². The summed E-state index contributed by atoms with van der Waals surface area (Å²) in [5.41, 5.74) is 0.171. The Morgan fingerprint density at radius 2 is 2.50 bits per heavy atom. The van der Waals surface area contributed by atoms with Crippen molar-refractivity contribution in [3.63, 3.8) is 0 Å². The fourth-order valence-corrected chi connectivity index (χ4v) is 0.606. The minimum absolute atomic E-state index is 0.171. The summed E-state index contributed by atoms with van der Waals surface area (Å²) in [4.78, 5) is 6.99. The highest BCUT2D eigenvalue weighted by Crippen LogP contribution is 2.13. The second-order valence-corrected chi connectivity index (χ2v) is 1.71. The molecule has 0 fully saturated rings. The predicted molar refractivity (Wildman–Crippen MR) is 38.9 cm³/mol. The average molecular weight is 154 g/mol. The molecule has 0 aromatic carbocycles. The first-order valence-electron chi connectivity index (χ1n) is 2.52. The van der Waals surface area contributed by atoms with Gasteiger partial charge in [0.2, 0.25) is 0 Å². The second kappa shape index (κ2) is 3.15. The van der Waals surface area contributed by atoms with Gasteiger partial charge in [-0.15, -0.1) is 0 Å². The number of isothiocyanates is 1. The fraction of sp³-hybridized carbons (Fsp3) is 0. The highest BCUT2D eigenvalue weighted by atomic mass is 32.1. The summed E-state index contributed by atoms with van der Waals surface area (Å²) < 4.78 is 12.5. The fourth-order valence-electron chi connectivity index (χ4n) is 0.508. The molecular formula is C6H3FN2S. The van der Waals surface area contributed by atoms with Crippen LogP contribution in [0.2, 0.25) is 0 Å². The molecule has 1 heterocycles. The lowest BCUT2D eigenvalue weighted by atomic mass is 10.4. The number of thiocarbonyl (C=S) groups is 1. The van der Waals surface area contributed by atoms with E-state index >= 15 is 0 Å². The number of aromatic nitrogens is 1. The molecule has 10 heavy (non-hydrogen) atoms. The van der Waals surface area contributed by atoms with Gasteiger partial charge in [-0.1, -0.05) is 0 Å². The van der Waals surface area contributed by atoms with E-state index in [1.165, 1.54) is 12.3 Å². The molecule has 0 aliphatic heterocycles. The van der Waals surface area contributed by atoms with Gasteiger partial charge >= 0.3 is 0 Å². The molecule has 1 rings (SSSR count). The molecule has 0 N–H and O–H groups in total. The van der Waals surface area contributed by atoms with Gasteiger partial charge in [0.05, 0.1) is 11.4 Å². The second-order valence-electron chi connectivity index (χ2n) is 1.53. The maximum absolute atomic E-state index is 12.5. The molecule has 1 aromatic heterocycles. The van der Waals surface area contributed by atoms with Gasteiger partial charge in [0.25, 0.3) is 0 Å². The molecule has 0 unspecified atom stereocenters. The van der Waals surface area contributed by atoms with E-state index in [1.807, 2.05) is 0 Å². The smallest absolute Gasteiger partial charge is 0.167 e. The van der Waals surface area contributed by atoms with Crippen molar-refractivity contribution >= 4 is 23.1 Å². The van der Waals surface area contributed by atoms with Crippen molar-refractivity contribution in [2.24, 2.45) is 4.99 Å². The van der Waals surface area contributed by atoms with Crippen molar-refractivity contribution in [3.8, 4) is 0 Å². The van der Waals surface area contributed by atoms with Gasteiger partial charge in [-0.25, -0.2) is 4.39 Å². The quantitative estimate of drug-likeness (QED) is 0.456. The van der Waals surface area contributed by atoms with Crippen LogP contribution in [-0.4, -0.2) is 10.1 Å². The summed E-state index contributed by atoms with van der Waals surface area (Å²) in [6.45, 7) is 0. The molecule has 0 radical (unpaired) electrons. The van der Waals surface area contributed by atoms with Crippen molar-refractivity contribution in [1.29, 1.82) is 0 Å². The number of rotatable bonds is 1. The first kappa shape index (κ1) is 6.99. The molecule has 0 amide bonds. The van der Waals surface area contributed by atoms with Gasteiger partial charge in [0.15, 0.2) is 5.82 Å². The molecule has 1 aromatic rings. The van der Waals surface area contributed by atoms with E-state index in [-0.39, 0.29) is 5.69 Å². The van der Waals surface area contributed by atoms with Crippen LogP contribution in [0.25, 0.3) is 0 Å². The average Bonchev–Trinajstić information content (AvgIpc) is 1.94. The van der Waals surface area contributed by atoms with Crippen LogP contribution in [0.3, 0.4) is 0 Å². The summed E-state index contributed by atoms with van der Waals surface area (Å²) in [5, 5.41) is 2.07. The topological polar surface area (TPSA) is 25.2 Å². The van der Waals surface area contributed by atoms with Crippen molar-refractivity contribution < 1.29 is 4.39 Å². The Bertz CT molecular complexity index is 281.